The number of hydrogen-bond acceptors (Lipinski definition) is 2. The number of ketones is 1. The molecule has 0 amide bonds. The first-order chi connectivity index (χ1) is 10.3. The van der Waals surface area contributed by atoms with E-state index in [0.717, 1.165) is 11.3 Å². The lowest BCUT2D eigenvalue weighted by atomic mass is 9.83. The average Bonchev–Trinajstić information content (AvgIpc) is 2.93. The largest absolute Gasteiger partial charge is 0.477 e. The Kier molecular flexibility index (Phi) is 3.02. The van der Waals surface area contributed by atoms with Crippen molar-refractivity contribution in [2.75, 3.05) is 0 Å². The zero-order valence-electron chi connectivity index (χ0n) is 13.2. The highest BCUT2D eigenvalue weighted by Crippen LogP contribution is 2.45. The van der Waals surface area contributed by atoms with E-state index in [9.17, 15) is 14.7 Å². The van der Waals surface area contributed by atoms with Gasteiger partial charge in [0.1, 0.15) is 5.69 Å². The molecule has 0 spiro atoms. The maximum absolute atomic E-state index is 12.9. The van der Waals surface area contributed by atoms with Crippen molar-refractivity contribution in [3.05, 3.63) is 46.6 Å². The molecule has 1 aromatic heterocycles. The van der Waals surface area contributed by atoms with E-state index in [2.05, 4.69) is 0 Å². The molecule has 114 valence electrons. The zero-order valence-corrected chi connectivity index (χ0v) is 13.2. The quantitative estimate of drug-likeness (QED) is 0.784. The van der Waals surface area contributed by atoms with Crippen LogP contribution >= 0.6 is 0 Å². The summed E-state index contributed by atoms with van der Waals surface area (Å²) < 4.78 is 1.77. The summed E-state index contributed by atoms with van der Waals surface area (Å²) in [6, 6.07) is 7.42. The third kappa shape index (κ3) is 1.76. The summed E-state index contributed by atoms with van der Waals surface area (Å²) in [7, 11) is 0. The fraction of sp³-hybridized carbons (Fsp3) is 0.333. The van der Waals surface area contributed by atoms with Gasteiger partial charge in [-0.1, -0.05) is 45.0 Å². The van der Waals surface area contributed by atoms with Gasteiger partial charge in [-0.3, -0.25) is 4.79 Å². The smallest absolute Gasteiger partial charge is 0.352 e. The highest BCUT2D eigenvalue weighted by Gasteiger charge is 2.40. The summed E-state index contributed by atoms with van der Waals surface area (Å²) in [5.74, 6) is -1.04. The van der Waals surface area contributed by atoms with Crippen LogP contribution < -0.4 is 0 Å². The first-order valence-electron chi connectivity index (χ1n) is 7.43. The number of carbonyl (C=O) groups is 2. The zero-order chi connectivity index (χ0) is 16.2. The van der Waals surface area contributed by atoms with E-state index >= 15 is 0 Å². The first kappa shape index (κ1) is 14.6. The van der Waals surface area contributed by atoms with Crippen molar-refractivity contribution in [2.24, 2.45) is 0 Å². The second-order valence-corrected chi connectivity index (χ2v) is 6.62. The van der Waals surface area contributed by atoms with Crippen LogP contribution in [0.3, 0.4) is 0 Å². The van der Waals surface area contributed by atoms with Gasteiger partial charge in [0.25, 0.3) is 0 Å². The van der Waals surface area contributed by atoms with Gasteiger partial charge in [0.15, 0.2) is 5.78 Å². The number of rotatable bonds is 2. The number of carboxylic acid groups (broad SMARTS) is 1. The van der Waals surface area contributed by atoms with Gasteiger partial charge in [0.05, 0.1) is 11.3 Å². The molecule has 22 heavy (non-hydrogen) atoms. The first-order valence-corrected chi connectivity index (χ1v) is 7.43. The lowest BCUT2D eigenvalue weighted by molar-refractivity contribution is 0.0682. The number of nitrogens with zero attached hydrogens (tertiary/aromatic N) is 1. The van der Waals surface area contributed by atoms with E-state index in [4.69, 9.17) is 0 Å². The van der Waals surface area contributed by atoms with Crippen molar-refractivity contribution < 1.29 is 14.7 Å². The molecule has 4 nitrogen and oxygen atoms in total. The van der Waals surface area contributed by atoms with Gasteiger partial charge in [0.2, 0.25) is 0 Å². The summed E-state index contributed by atoms with van der Waals surface area (Å²) in [5, 5.41) is 9.70. The van der Waals surface area contributed by atoms with Crippen LogP contribution in [-0.2, 0) is 12.0 Å². The minimum absolute atomic E-state index is 0.0646. The molecule has 2 aromatic rings. The van der Waals surface area contributed by atoms with Crippen LogP contribution in [0.15, 0.2) is 24.3 Å². The number of carboxylic acids is 1. The average molecular weight is 297 g/mol. The summed E-state index contributed by atoms with van der Waals surface area (Å²) in [5.41, 5.74) is 3.27. The standard InChI is InChI=1S/C18H19NO3/c1-5-19-14-10-8-6-7-9-11(10)16(20)12(14)13(18(2,3)4)15(19)17(21)22/h6-9H,5H2,1-4H3,(H,21,22). The summed E-state index contributed by atoms with van der Waals surface area (Å²) >= 11 is 0. The molecular weight excluding hydrogens is 278 g/mol. The normalized spacial score (nSPS) is 13.2. The molecule has 0 fully saturated rings. The molecule has 1 aromatic carbocycles. The summed E-state index contributed by atoms with van der Waals surface area (Å²) in [6.07, 6.45) is 0. The molecule has 0 saturated carbocycles. The Bertz CT molecular complexity index is 806. The minimum Gasteiger partial charge on any atom is -0.477 e. The minimum atomic E-state index is -0.980. The van der Waals surface area contributed by atoms with Gasteiger partial charge in [0, 0.05) is 23.2 Å². The molecule has 0 unspecified atom stereocenters. The topological polar surface area (TPSA) is 59.3 Å². The fourth-order valence-electron chi connectivity index (χ4n) is 3.41. The Balaban J connectivity index is 2.49. The Morgan fingerprint density at radius 1 is 1.18 bits per heavy atom. The van der Waals surface area contributed by atoms with Crippen LogP contribution in [0.25, 0.3) is 11.3 Å². The van der Waals surface area contributed by atoms with Crippen molar-refractivity contribution in [3.63, 3.8) is 0 Å². The van der Waals surface area contributed by atoms with E-state index in [1.54, 1.807) is 4.57 Å². The number of hydrogen-bond donors (Lipinski definition) is 1. The van der Waals surface area contributed by atoms with Crippen LogP contribution in [0, 0.1) is 0 Å². The number of fused-ring (bicyclic) bond motifs is 3. The molecule has 4 heteroatoms. The van der Waals surface area contributed by atoms with E-state index in [0.29, 0.717) is 23.2 Å². The van der Waals surface area contributed by atoms with Crippen molar-refractivity contribution >= 4 is 11.8 Å². The number of carbonyl (C=O) groups excluding carboxylic acids is 1. The predicted molar refractivity (Wildman–Crippen MR) is 84.6 cm³/mol. The van der Waals surface area contributed by atoms with E-state index in [-0.39, 0.29) is 11.5 Å². The van der Waals surface area contributed by atoms with Crippen LogP contribution in [0.4, 0.5) is 0 Å². The maximum atomic E-state index is 12.9. The molecule has 3 rings (SSSR count). The molecule has 0 bridgehead atoms. The van der Waals surface area contributed by atoms with Crippen molar-refractivity contribution in [1.29, 1.82) is 0 Å². The van der Waals surface area contributed by atoms with Gasteiger partial charge in [-0.05, 0) is 12.3 Å². The van der Waals surface area contributed by atoms with Gasteiger partial charge < -0.3 is 9.67 Å². The fourth-order valence-corrected chi connectivity index (χ4v) is 3.41. The van der Waals surface area contributed by atoms with Gasteiger partial charge in [-0.2, -0.15) is 0 Å². The molecule has 1 N–H and O–H groups in total. The van der Waals surface area contributed by atoms with Gasteiger partial charge >= 0.3 is 5.97 Å². The van der Waals surface area contributed by atoms with Crippen LogP contribution in [0.2, 0.25) is 0 Å². The highest BCUT2D eigenvalue weighted by atomic mass is 16.4. The molecule has 1 aliphatic rings. The molecule has 1 aliphatic carbocycles. The molecule has 0 saturated heterocycles. The number of benzene rings is 1. The van der Waals surface area contributed by atoms with Gasteiger partial charge in [-0.25, -0.2) is 4.79 Å². The van der Waals surface area contributed by atoms with Crippen LogP contribution in [0.1, 0.15) is 59.7 Å². The Hall–Kier alpha value is -2.36. The Morgan fingerprint density at radius 3 is 2.27 bits per heavy atom. The number of aromatic carboxylic acids is 1. The summed E-state index contributed by atoms with van der Waals surface area (Å²) in [6.45, 7) is 8.27. The van der Waals surface area contributed by atoms with Crippen LogP contribution in [0.5, 0.6) is 0 Å². The van der Waals surface area contributed by atoms with Crippen molar-refractivity contribution in [2.45, 2.75) is 39.7 Å². The molecule has 0 atom stereocenters. The van der Waals surface area contributed by atoms with E-state index in [1.165, 1.54) is 0 Å². The predicted octanol–water partition coefficient (Wildman–Crippen LogP) is 3.72. The monoisotopic (exact) mass is 297 g/mol. The SMILES string of the molecule is CCn1c(C(=O)O)c(C(C)(C)C)c2c1-c1ccccc1C2=O. The Morgan fingerprint density at radius 2 is 1.77 bits per heavy atom. The van der Waals surface area contributed by atoms with Crippen molar-refractivity contribution in [3.8, 4) is 11.3 Å². The van der Waals surface area contributed by atoms with Crippen LogP contribution in [-0.4, -0.2) is 21.4 Å². The number of aromatic nitrogens is 1. The van der Waals surface area contributed by atoms with E-state index in [1.807, 2.05) is 52.0 Å². The second-order valence-electron chi connectivity index (χ2n) is 6.62. The lowest BCUT2D eigenvalue weighted by Crippen LogP contribution is -2.20. The molecule has 0 radical (unpaired) electrons. The van der Waals surface area contributed by atoms with Gasteiger partial charge in [-0.15, -0.1) is 0 Å². The maximum Gasteiger partial charge on any atom is 0.352 e. The second kappa shape index (κ2) is 4.57. The molecule has 0 aliphatic heterocycles. The highest BCUT2D eigenvalue weighted by molar-refractivity contribution is 6.23. The third-order valence-corrected chi connectivity index (χ3v) is 4.19. The summed E-state index contributed by atoms with van der Waals surface area (Å²) in [4.78, 5) is 24.7. The molecule has 1 heterocycles. The van der Waals surface area contributed by atoms with Crippen molar-refractivity contribution in [1.82, 2.24) is 4.57 Å². The van der Waals surface area contributed by atoms with E-state index < -0.39 is 11.4 Å². The Labute approximate surface area is 129 Å². The molecular formula is C18H19NO3. The third-order valence-electron chi connectivity index (χ3n) is 4.19. The lowest BCUT2D eigenvalue weighted by Gasteiger charge is -2.20.